The predicted molar refractivity (Wildman–Crippen MR) is 102 cm³/mol. The summed E-state index contributed by atoms with van der Waals surface area (Å²) in [4.78, 5) is 6.09. The van der Waals surface area contributed by atoms with Gasteiger partial charge in [0, 0.05) is 19.6 Å². The fourth-order valence-electron chi connectivity index (χ4n) is 2.16. The fraction of sp³-hybridized carbons (Fsp3) is 0.625. The van der Waals surface area contributed by atoms with Gasteiger partial charge >= 0.3 is 0 Å². The maximum absolute atomic E-state index is 2.31. The summed E-state index contributed by atoms with van der Waals surface area (Å²) in [5.41, 5.74) is 3.00. The summed E-state index contributed by atoms with van der Waals surface area (Å²) in [6.45, 7) is 13.6. The Labute approximate surface area is 142 Å². The van der Waals surface area contributed by atoms with Crippen molar-refractivity contribution in [1.82, 2.24) is 0 Å². The van der Waals surface area contributed by atoms with Gasteiger partial charge in [0.2, 0.25) is 0 Å². The van der Waals surface area contributed by atoms with E-state index >= 15 is 0 Å². The second kappa shape index (κ2) is 9.60. The van der Waals surface area contributed by atoms with Crippen molar-refractivity contribution >= 4 is 47.0 Å². The molecule has 1 aromatic rings. The average molecular weight is 347 g/mol. The Morgan fingerprint density at radius 3 is 0.850 bits per heavy atom. The molecular formula is C16H26S4. The summed E-state index contributed by atoms with van der Waals surface area (Å²) >= 11 is 8.02. The van der Waals surface area contributed by atoms with Crippen molar-refractivity contribution in [2.24, 2.45) is 0 Å². The van der Waals surface area contributed by atoms with Crippen molar-refractivity contribution in [3.63, 3.8) is 0 Å². The van der Waals surface area contributed by atoms with Crippen LogP contribution in [0.5, 0.6) is 0 Å². The minimum absolute atomic E-state index is 1.15. The number of hydrogen-bond donors (Lipinski definition) is 0. The molecule has 0 amide bonds. The molecule has 0 N–H and O–H groups in total. The predicted octanol–water partition coefficient (Wildman–Crippen LogP) is 6.75. The van der Waals surface area contributed by atoms with Crippen LogP contribution in [0, 0.1) is 13.8 Å². The van der Waals surface area contributed by atoms with Crippen LogP contribution in [0.25, 0.3) is 0 Å². The molecule has 20 heavy (non-hydrogen) atoms. The van der Waals surface area contributed by atoms with E-state index in [0.29, 0.717) is 0 Å². The van der Waals surface area contributed by atoms with Crippen molar-refractivity contribution in [3.8, 4) is 0 Å². The van der Waals surface area contributed by atoms with Gasteiger partial charge in [0.25, 0.3) is 0 Å². The van der Waals surface area contributed by atoms with Gasteiger partial charge in [0.05, 0.1) is 0 Å². The highest BCUT2D eigenvalue weighted by atomic mass is 32.2. The zero-order valence-electron chi connectivity index (χ0n) is 13.5. The van der Waals surface area contributed by atoms with Gasteiger partial charge in [-0.1, -0.05) is 27.7 Å². The smallest absolute Gasteiger partial charge is 0.0252 e. The molecule has 1 aromatic carbocycles. The minimum atomic E-state index is 1.15. The van der Waals surface area contributed by atoms with Crippen LogP contribution in [-0.2, 0) is 0 Å². The number of benzene rings is 1. The Bertz CT molecular complexity index is 363. The molecule has 0 aliphatic carbocycles. The quantitative estimate of drug-likeness (QED) is 0.477. The molecule has 0 radical (unpaired) electrons. The molecule has 114 valence electrons. The van der Waals surface area contributed by atoms with Crippen LogP contribution in [0.1, 0.15) is 38.8 Å². The largest absolute Gasteiger partial charge is 0.125 e. The summed E-state index contributed by atoms with van der Waals surface area (Å²) in [5.74, 6) is 4.59. The van der Waals surface area contributed by atoms with Crippen molar-refractivity contribution in [2.75, 3.05) is 23.0 Å². The number of hydrogen-bond acceptors (Lipinski definition) is 4. The Morgan fingerprint density at radius 1 is 0.500 bits per heavy atom. The summed E-state index contributed by atoms with van der Waals surface area (Å²) in [6, 6.07) is 0. The molecule has 0 aliphatic heterocycles. The van der Waals surface area contributed by atoms with Crippen LogP contribution in [0.4, 0.5) is 0 Å². The second-order valence-corrected chi connectivity index (χ2v) is 9.40. The maximum Gasteiger partial charge on any atom is 0.0252 e. The van der Waals surface area contributed by atoms with Crippen LogP contribution in [0.15, 0.2) is 19.6 Å². The minimum Gasteiger partial charge on any atom is -0.125 e. The molecule has 0 spiro atoms. The highest BCUT2D eigenvalue weighted by Crippen LogP contribution is 2.46. The first kappa shape index (κ1) is 18.7. The molecule has 0 fully saturated rings. The topological polar surface area (TPSA) is 0 Å². The molecule has 0 heterocycles. The molecule has 0 unspecified atom stereocenters. The van der Waals surface area contributed by atoms with Gasteiger partial charge in [-0.15, -0.1) is 47.0 Å². The monoisotopic (exact) mass is 346 g/mol. The average Bonchev–Trinajstić information content (AvgIpc) is 2.44. The van der Waals surface area contributed by atoms with Crippen molar-refractivity contribution in [1.29, 1.82) is 0 Å². The Morgan fingerprint density at radius 2 is 0.700 bits per heavy atom. The summed E-state index contributed by atoms with van der Waals surface area (Å²) < 4.78 is 0. The van der Waals surface area contributed by atoms with E-state index in [1.54, 1.807) is 0 Å². The van der Waals surface area contributed by atoms with Gasteiger partial charge in [-0.2, -0.15) is 0 Å². The Balaban J connectivity index is 3.50. The van der Waals surface area contributed by atoms with E-state index in [-0.39, 0.29) is 0 Å². The molecule has 0 saturated heterocycles. The van der Waals surface area contributed by atoms with Gasteiger partial charge < -0.3 is 0 Å². The number of rotatable bonds is 8. The Hall–Kier alpha value is 0.620. The standard InChI is InChI=1S/C16H26S4/c1-7-17-13-11(5)15(19-9-3)16(20-10-4)12(6)14(13)18-8-2/h7-10H2,1-6H3. The van der Waals surface area contributed by atoms with E-state index in [0.717, 1.165) is 23.0 Å². The van der Waals surface area contributed by atoms with Crippen LogP contribution in [-0.4, -0.2) is 23.0 Å². The number of thioether (sulfide) groups is 4. The van der Waals surface area contributed by atoms with E-state index in [1.165, 1.54) is 30.7 Å². The maximum atomic E-state index is 2.31. The third-order valence-corrected chi connectivity index (χ3v) is 7.54. The van der Waals surface area contributed by atoms with Crippen LogP contribution in [0.3, 0.4) is 0 Å². The first-order valence-corrected chi connectivity index (χ1v) is 11.2. The van der Waals surface area contributed by atoms with Crippen molar-refractivity contribution in [2.45, 2.75) is 61.1 Å². The Kier molecular flexibility index (Phi) is 8.96. The van der Waals surface area contributed by atoms with Crippen LogP contribution in [0.2, 0.25) is 0 Å². The molecule has 0 nitrogen and oxygen atoms in total. The highest BCUT2D eigenvalue weighted by Gasteiger charge is 2.19. The van der Waals surface area contributed by atoms with E-state index in [2.05, 4.69) is 41.5 Å². The lowest BCUT2D eigenvalue weighted by atomic mass is 10.1. The first-order chi connectivity index (χ1) is 9.62. The summed E-state index contributed by atoms with van der Waals surface area (Å²) in [7, 11) is 0. The molecular weight excluding hydrogens is 320 g/mol. The van der Waals surface area contributed by atoms with E-state index in [4.69, 9.17) is 0 Å². The second-order valence-electron chi connectivity index (χ2n) is 4.30. The summed E-state index contributed by atoms with van der Waals surface area (Å²) in [6.07, 6.45) is 0. The fourth-order valence-corrected chi connectivity index (χ4v) is 6.56. The van der Waals surface area contributed by atoms with Gasteiger partial charge in [-0.05, 0) is 48.0 Å². The summed E-state index contributed by atoms with van der Waals surface area (Å²) in [5, 5.41) is 0. The third kappa shape index (κ3) is 4.31. The van der Waals surface area contributed by atoms with E-state index in [9.17, 15) is 0 Å². The van der Waals surface area contributed by atoms with Crippen molar-refractivity contribution < 1.29 is 0 Å². The van der Waals surface area contributed by atoms with Gasteiger partial charge in [-0.3, -0.25) is 0 Å². The lowest BCUT2D eigenvalue weighted by molar-refractivity contribution is 0.971. The molecule has 1 rings (SSSR count). The van der Waals surface area contributed by atoms with Gasteiger partial charge in [0.1, 0.15) is 0 Å². The highest BCUT2D eigenvalue weighted by molar-refractivity contribution is 8.03. The third-order valence-electron chi connectivity index (χ3n) is 2.93. The van der Waals surface area contributed by atoms with Gasteiger partial charge in [-0.25, -0.2) is 0 Å². The molecule has 0 saturated carbocycles. The molecule has 0 aliphatic rings. The van der Waals surface area contributed by atoms with Crippen molar-refractivity contribution in [3.05, 3.63) is 11.1 Å². The van der Waals surface area contributed by atoms with Crippen LogP contribution < -0.4 is 0 Å². The lowest BCUT2D eigenvalue weighted by Crippen LogP contribution is -1.98. The zero-order chi connectivity index (χ0) is 15.1. The van der Waals surface area contributed by atoms with Crippen LogP contribution >= 0.6 is 47.0 Å². The van der Waals surface area contributed by atoms with E-state index in [1.807, 2.05) is 47.0 Å². The molecule has 0 bridgehead atoms. The first-order valence-electron chi connectivity index (χ1n) is 7.30. The lowest BCUT2D eigenvalue weighted by Gasteiger charge is -2.22. The van der Waals surface area contributed by atoms with E-state index < -0.39 is 0 Å². The molecule has 0 aromatic heterocycles. The zero-order valence-corrected chi connectivity index (χ0v) is 16.7. The molecule has 0 atom stereocenters. The van der Waals surface area contributed by atoms with Gasteiger partial charge in [0.15, 0.2) is 0 Å². The molecule has 4 heteroatoms. The normalized spacial score (nSPS) is 11.1. The SMILES string of the molecule is CCSc1c(C)c(SCC)c(SCC)c(C)c1SCC.